The molecule has 2 amide bonds. The van der Waals surface area contributed by atoms with E-state index in [4.69, 9.17) is 16.7 Å². The predicted molar refractivity (Wildman–Crippen MR) is 139 cm³/mol. The molecule has 1 aliphatic rings. The summed E-state index contributed by atoms with van der Waals surface area (Å²) in [6.45, 7) is 2.73. The number of carboxylic acids is 1. The molecule has 3 rings (SSSR count). The second kappa shape index (κ2) is 12.8. The van der Waals surface area contributed by atoms with Crippen molar-refractivity contribution >= 4 is 40.9 Å². The molecule has 2 N–H and O–H groups in total. The third-order valence-corrected chi connectivity index (χ3v) is 7.00. The lowest BCUT2D eigenvalue weighted by molar-refractivity contribution is -0.141. The number of rotatable bonds is 10. The van der Waals surface area contributed by atoms with Crippen LogP contribution in [0.3, 0.4) is 0 Å². The Kier molecular flexibility index (Phi) is 9.80. The van der Waals surface area contributed by atoms with Crippen LogP contribution in [0.4, 0.5) is 10.1 Å². The monoisotopic (exact) mass is 530 g/mol. The molecular weight excluding hydrogens is 499 g/mol. The number of aliphatic carboxylic acids is 1. The van der Waals surface area contributed by atoms with Crippen molar-refractivity contribution in [2.24, 2.45) is 17.8 Å². The van der Waals surface area contributed by atoms with Crippen molar-refractivity contribution < 1.29 is 28.7 Å². The molecule has 0 radical (unpaired) electrons. The second-order valence-corrected chi connectivity index (χ2v) is 10.2. The summed E-state index contributed by atoms with van der Waals surface area (Å²) in [6, 6.07) is 13.5. The van der Waals surface area contributed by atoms with Gasteiger partial charge < -0.3 is 15.3 Å². The Morgan fingerprint density at radius 2 is 1.89 bits per heavy atom. The smallest absolute Gasteiger partial charge is 0.305 e. The van der Waals surface area contributed by atoms with Crippen LogP contribution in [0, 0.1) is 17.8 Å². The van der Waals surface area contributed by atoms with Crippen molar-refractivity contribution in [3.8, 4) is 0 Å². The van der Waals surface area contributed by atoms with E-state index in [2.05, 4.69) is 5.32 Å². The molecule has 2 unspecified atom stereocenters. The molecule has 0 aliphatic carbocycles. The number of alkyl halides is 1. The molecule has 7 nitrogen and oxygen atoms in total. The van der Waals surface area contributed by atoms with E-state index < -0.39 is 42.7 Å². The Labute approximate surface area is 221 Å². The van der Waals surface area contributed by atoms with Crippen LogP contribution in [-0.4, -0.2) is 41.4 Å². The number of hydrogen-bond acceptors (Lipinski definition) is 4. The number of nitrogens with zero attached hydrogens (tertiary/aromatic N) is 1. The summed E-state index contributed by atoms with van der Waals surface area (Å²) in [5, 5.41) is 12.2. The van der Waals surface area contributed by atoms with Crippen molar-refractivity contribution in [1.29, 1.82) is 0 Å². The van der Waals surface area contributed by atoms with Gasteiger partial charge in [0, 0.05) is 23.0 Å². The van der Waals surface area contributed by atoms with Gasteiger partial charge in [-0.2, -0.15) is 0 Å². The zero-order chi connectivity index (χ0) is 27.1. The lowest BCUT2D eigenvalue weighted by atomic mass is 9.75. The van der Waals surface area contributed by atoms with Gasteiger partial charge >= 0.3 is 5.97 Å². The normalized spacial score (nSPS) is 17.4. The van der Waals surface area contributed by atoms with Crippen LogP contribution < -0.4 is 10.2 Å². The van der Waals surface area contributed by atoms with Crippen LogP contribution >= 0.6 is 11.6 Å². The number of anilines is 1. The number of nitrogens with one attached hydrogen (secondary N) is 1. The third kappa shape index (κ3) is 7.38. The van der Waals surface area contributed by atoms with Gasteiger partial charge in [-0.1, -0.05) is 55.8 Å². The maximum absolute atomic E-state index is 13.4. The summed E-state index contributed by atoms with van der Waals surface area (Å²) in [6.07, 6.45) is 0.449. The van der Waals surface area contributed by atoms with Crippen molar-refractivity contribution in [2.75, 3.05) is 11.6 Å². The van der Waals surface area contributed by atoms with E-state index in [-0.39, 0.29) is 24.2 Å². The summed E-state index contributed by atoms with van der Waals surface area (Å²) in [5.74, 6) is -3.90. The van der Waals surface area contributed by atoms with Crippen LogP contribution in [0.5, 0.6) is 0 Å². The Morgan fingerprint density at radius 1 is 1.16 bits per heavy atom. The highest BCUT2D eigenvalue weighted by Gasteiger charge is 2.36. The van der Waals surface area contributed by atoms with Crippen molar-refractivity contribution in [3.05, 3.63) is 64.7 Å². The van der Waals surface area contributed by atoms with Crippen LogP contribution in [0.25, 0.3) is 0 Å². The first-order valence-electron chi connectivity index (χ1n) is 12.3. The topological polar surface area (TPSA) is 104 Å². The highest BCUT2D eigenvalue weighted by atomic mass is 35.5. The minimum Gasteiger partial charge on any atom is -0.481 e. The first-order valence-corrected chi connectivity index (χ1v) is 12.7. The minimum absolute atomic E-state index is 0.0867. The number of halogens is 2. The van der Waals surface area contributed by atoms with E-state index in [1.165, 1.54) is 0 Å². The fourth-order valence-corrected chi connectivity index (χ4v) is 5.26. The number of para-hydroxylation sites is 1. The van der Waals surface area contributed by atoms with Crippen LogP contribution in [0.2, 0.25) is 5.02 Å². The largest absolute Gasteiger partial charge is 0.481 e. The quantitative estimate of drug-likeness (QED) is 0.467. The first-order chi connectivity index (χ1) is 17.6. The fourth-order valence-electron chi connectivity index (χ4n) is 5.05. The van der Waals surface area contributed by atoms with Gasteiger partial charge in [0.2, 0.25) is 11.8 Å². The number of hydrogen-bond donors (Lipinski definition) is 2. The number of carbonyl (C=O) groups is 4. The fraction of sp³-hybridized carbons (Fsp3) is 0.429. The molecule has 37 heavy (non-hydrogen) atoms. The molecule has 0 spiro atoms. The number of Topliss-reactive ketones (excluding diaryl/α,β-unsaturated/α-hetero) is 1. The summed E-state index contributed by atoms with van der Waals surface area (Å²) in [4.78, 5) is 51.6. The third-order valence-electron chi connectivity index (χ3n) is 6.77. The summed E-state index contributed by atoms with van der Waals surface area (Å²) in [5.41, 5.74) is 2.56. The zero-order valence-corrected chi connectivity index (χ0v) is 21.7. The van der Waals surface area contributed by atoms with Gasteiger partial charge in [-0.25, -0.2) is 4.39 Å². The van der Waals surface area contributed by atoms with Crippen molar-refractivity contribution in [1.82, 2.24) is 5.32 Å². The van der Waals surface area contributed by atoms with Gasteiger partial charge in [0.05, 0.1) is 13.0 Å². The highest BCUT2D eigenvalue weighted by molar-refractivity contribution is 6.30. The summed E-state index contributed by atoms with van der Waals surface area (Å²) in [7, 11) is 0. The number of benzene rings is 2. The molecule has 9 heteroatoms. The van der Waals surface area contributed by atoms with Gasteiger partial charge in [0.25, 0.3) is 0 Å². The number of amides is 2. The van der Waals surface area contributed by atoms with E-state index in [1.807, 2.05) is 56.3 Å². The van der Waals surface area contributed by atoms with Crippen LogP contribution in [-0.2, 0) is 32.1 Å². The number of ketones is 1. The summed E-state index contributed by atoms with van der Waals surface area (Å²) < 4.78 is 13.0. The van der Waals surface area contributed by atoms with Crippen molar-refractivity contribution in [3.63, 3.8) is 0 Å². The predicted octanol–water partition coefficient (Wildman–Crippen LogP) is 4.60. The molecule has 0 fully saturated rings. The molecule has 1 aliphatic heterocycles. The molecule has 2 aromatic carbocycles. The van der Waals surface area contributed by atoms with E-state index in [0.717, 1.165) is 16.8 Å². The Morgan fingerprint density at radius 3 is 2.54 bits per heavy atom. The van der Waals surface area contributed by atoms with E-state index in [1.54, 1.807) is 11.0 Å². The van der Waals surface area contributed by atoms with E-state index >= 15 is 0 Å². The lowest BCUT2D eigenvalue weighted by Gasteiger charge is -2.35. The van der Waals surface area contributed by atoms with Crippen molar-refractivity contribution in [2.45, 2.75) is 52.1 Å². The molecule has 0 bridgehead atoms. The maximum atomic E-state index is 13.4. The minimum atomic E-state index is -1.44. The molecule has 0 saturated carbocycles. The van der Waals surface area contributed by atoms with Gasteiger partial charge in [0.1, 0.15) is 12.7 Å². The van der Waals surface area contributed by atoms with E-state index in [9.17, 15) is 23.6 Å². The molecule has 2 aromatic rings. The average Bonchev–Trinajstić information content (AvgIpc) is 2.84. The molecule has 1 heterocycles. The number of fused-ring (bicyclic) bond motifs is 1. The van der Waals surface area contributed by atoms with Crippen LogP contribution in [0.1, 0.15) is 44.2 Å². The molecule has 198 valence electrons. The zero-order valence-electron chi connectivity index (χ0n) is 21.0. The maximum Gasteiger partial charge on any atom is 0.305 e. The molecular formula is C28H32ClFN2O5. The first kappa shape index (κ1) is 28.3. The highest BCUT2D eigenvalue weighted by Crippen LogP contribution is 2.36. The van der Waals surface area contributed by atoms with E-state index in [0.29, 0.717) is 24.4 Å². The summed E-state index contributed by atoms with van der Waals surface area (Å²) >= 11 is 6.15. The van der Waals surface area contributed by atoms with Crippen LogP contribution in [0.15, 0.2) is 48.5 Å². The Bertz CT molecular complexity index is 1150. The molecule has 0 aromatic heterocycles. The Hall–Kier alpha value is -3.26. The SMILES string of the molecule is CC(C)[C@@H](C(=O)NC(CC(=O)O)C(=O)CF)C1CCC(=O)N(Cc2cccc(Cl)c2)c2ccccc2C1. The van der Waals surface area contributed by atoms with Gasteiger partial charge in [-0.05, 0) is 54.0 Å². The van der Waals surface area contributed by atoms with Gasteiger partial charge in [-0.3, -0.25) is 19.2 Å². The Balaban J connectivity index is 1.89. The standard InChI is InChI=1S/C28H32ClFN2O5/c1-17(2)27(28(37)31-22(14-26(35)36)24(33)15-30)20-10-11-25(34)32(16-18-6-5-8-21(29)12-18)23-9-4-3-7-19(23)13-20/h3-9,12,17,20,22,27H,10-11,13-16H2,1-2H3,(H,31,37)(H,35,36)/t20?,22?,27-/m1/s1. The van der Waals surface area contributed by atoms with Gasteiger partial charge in [-0.15, -0.1) is 0 Å². The second-order valence-electron chi connectivity index (χ2n) is 9.77. The number of carboxylic acid groups (broad SMARTS) is 1. The molecule has 3 atom stereocenters. The molecule has 0 saturated heterocycles. The average molecular weight is 531 g/mol. The van der Waals surface area contributed by atoms with Gasteiger partial charge in [0.15, 0.2) is 5.78 Å². The number of carbonyl (C=O) groups excluding carboxylic acids is 3. The lowest BCUT2D eigenvalue weighted by Crippen LogP contribution is -2.48.